The van der Waals surface area contributed by atoms with Crippen molar-refractivity contribution in [3.63, 3.8) is 0 Å². The Morgan fingerprint density at radius 1 is 1.57 bits per heavy atom. The summed E-state index contributed by atoms with van der Waals surface area (Å²) < 4.78 is 0. The van der Waals surface area contributed by atoms with Gasteiger partial charge in [-0.05, 0) is 40.0 Å². The molecule has 0 bridgehead atoms. The van der Waals surface area contributed by atoms with Crippen LogP contribution >= 0.6 is 0 Å². The van der Waals surface area contributed by atoms with Crippen molar-refractivity contribution in [1.29, 1.82) is 5.26 Å². The van der Waals surface area contributed by atoms with Crippen LogP contribution in [-0.4, -0.2) is 47.8 Å². The molecule has 7 nitrogen and oxygen atoms in total. The Morgan fingerprint density at radius 3 is 2.70 bits per heavy atom. The molecule has 0 saturated carbocycles. The van der Waals surface area contributed by atoms with Crippen LogP contribution in [0.1, 0.15) is 40.0 Å². The molecule has 1 heterocycles. The van der Waals surface area contributed by atoms with Crippen LogP contribution in [0.2, 0.25) is 0 Å². The molecule has 1 rings (SSSR count). The van der Waals surface area contributed by atoms with Gasteiger partial charge in [-0.15, -0.1) is 0 Å². The first-order valence-corrected chi connectivity index (χ1v) is 7.40. The van der Waals surface area contributed by atoms with Crippen molar-refractivity contribution in [1.82, 2.24) is 15.5 Å². The van der Waals surface area contributed by atoms with E-state index in [-0.39, 0.29) is 24.3 Å². The molecule has 0 spiro atoms. The van der Waals surface area contributed by atoms with Crippen LogP contribution in [0.5, 0.6) is 0 Å². The Kier molecular flexibility index (Phi) is 7.24. The van der Waals surface area contributed by atoms with Crippen LogP contribution in [0.15, 0.2) is 0 Å². The third kappa shape index (κ3) is 5.30. The number of rotatable bonds is 6. The van der Waals surface area contributed by atoms with Crippen LogP contribution in [-0.2, 0) is 14.4 Å². The van der Waals surface area contributed by atoms with E-state index in [1.807, 2.05) is 20.8 Å². The second kappa shape index (κ2) is 8.37. The second-order valence-corrected chi connectivity index (χ2v) is 6.40. The molecule has 8 heteroatoms. The van der Waals surface area contributed by atoms with Gasteiger partial charge in [0.05, 0.1) is 12.6 Å². The van der Waals surface area contributed by atoms with Gasteiger partial charge in [-0.2, -0.15) is 11.7 Å². The van der Waals surface area contributed by atoms with E-state index in [1.54, 1.807) is 0 Å². The zero-order valence-electron chi connectivity index (χ0n) is 13.6. The van der Waals surface area contributed by atoms with Gasteiger partial charge in [0, 0.05) is 18.0 Å². The molecule has 0 aromatic carbocycles. The summed E-state index contributed by atoms with van der Waals surface area (Å²) in [4.78, 5) is 35.9. The molecular formula is C15H23FmN4O3-. The summed E-state index contributed by atoms with van der Waals surface area (Å²) in [6.07, 6.45) is 3.35. The fourth-order valence-corrected chi connectivity index (χ4v) is 2.76. The minimum Gasteiger partial charge on any atom is -0.522 e. The largest absolute Gasteiger partial charge is 0.522 e. The molecular weight excluding hydrogens is 541 g/mol. The normalized spacial score (nSPS) is 18.7. The average molecular weight is 564 g/mol. The van der Waals surface area contributed by atoms with Crippen LogP contribution in [0.4, 0.5) is 0 Å². The van der Waals surface area contributed by atoms with Crippen molar-refractivity contribution < 1.29 is 14.4 Å². The predicted molar refractivity (Wildman–Crippen MR) is 80.0 cm³/mol. The second-order valence-electron chi connectivity index (χ2n) is 6.40. The van der Waals surface area contributed by atoms with Crippen LogP contribution in [0.3, 0.4) is 0 Å². The zero-order valence-corrected chi connectivity index (χ0v) is 16.0. The van der Waals surface area contributed by atoms with Gasteiger partial charge >= 0.3 is 0 Å². The molecule has 0 radical (unpaired) electrons. The SMILES string of the molecule is CC(C)(C)N(C(=O)CN[C-]=O)C(C#N)C[C@@H]1CCCNC1=O.[Fm]. The van der Waals surface area contributed by atoms with E-state index in [1.165, 1.54) is 11.3 Å². The molecule has 134 valence electrons. The summed E-state index contributed by atoms with van der Waals surface area (Å²) in [6, 6.07) is 1.42. The Balaban J connectivity index is 0.00000484. The zero-order chi connectivity index (χ0) is 16.8. The summed E-state index contributed by atoms with van der Waals surface area (Å²) in [5.74, 6) is -0.688. The monoisotopic (exact) mass is 564 g/mol. The maximum absolute atomic E-state index is 12.3. The average Bonchev–Trinajstić information content (AvgIpc) is 2.45. The van der Waals surface area contributed by atoms with Crippen molar-refractivity contribution in [2.45, 2.75) is 51.6 Å². The Hall–Kier alpha value is -3.10. The fraction of sp³-hybridized carbons (Fsp3) is 0.733. The molecule has 1 unspecified atom stereocenters. The van der Waals surface area contributed by atoms with E-state index in [9.17, 15) is 19.6 Å². The van der Waals surface area contributed by atoms with E-state index in [2.05, 4.69) is 16.7 Å². The van der Waals surface area contributed by atoms with E-state index < -0.39 is 11.6 Å². The van der Waals surface area contributed by atoms with Crippen molar-refractivity contribution in [2.75, 3.05) is 13.1 Å². The van der Waals surface area contributed by atoms with Crippen molar-refractivity contribution in [3.8, 4) is 6.07 Å². The summed E-state index contributed by atoms with van der Waals surface area (Å²) in [7, 11) is 0. The van der Waals surface area contributed by atoms with Crippen LogP contribution in [0.25, 0.3) is 0 Å². The van der Waals surface area contributed by atoms with Gasteiger partial charge in [0.25, 0.3) is 0 Å². The van der Waals surface area contributed by atoms with Crippen molar-refractivity contribution in [3.05, 3.63) is 0 Å². The maximum Gasteiger partial charge on any atom is 0.240 e. The summed E-state index contributed by atoms with van der Waals surface area (Å²) in [5, 5.41) is 14.5. The molecule has 1 saturated heterocycles. The Morgan fingerprint density at radius 2 is 2.22 bits per heavy atom. The van der Waals surface area contributed by atoms with E-state index in [0.717, 1.165) is 12.8 Å². The van der Waals surface area contributed by atoms with Gasteiger partial charge in [-0.3, -0.25) is 9.59 Å². The standard InChI is InChI=1S/C15H23N4O3.Fm/c1-15(2,3)19(13(21)9-17-10-20)12(8-16)7-11-5-4-6-18-14(11)22;/h11-12H,4-7,9H2,1-3H3,(H,17,20)(H,18,22);/q-1;/t11-,12?;/m0./s1. The fourth-order valence-electron chi connectivity index (χ4n) is 2.76. The molecule has 2 atom stereocenters. The third-order valence-electron chi connectivity index (χ3n) is 3.67. The number of nitriles is 1. The number of carbonyl (C=O) groups excluding carboxylic acids is 3. The number of amides is 3. The minimum absolute atomic E-state index is 0. The molecule has 0 aliphatic carbocycles. The van der Waals surface area contributed by atoms with E-state index >= 15 is 0 Å². The van der Waals surface area contributed by atoms with Gasteiger partial charge in [-0.1, -0.05) is 0 Å². The van der Waals surface area contributed by atoms with Gasteiger partial charge in [0.1, 0.15) is 6.04 Å². The Bertz CT molecular complexity index is 470. The molecule has 23 heavy (non-hydrogen) atoms. The molecule has 3 amide bonds. The third-order valence-corrected chi connectivity index (χ3v) is 3.67. The first-order chi connectivity index (χ1) is 10.3. The molecule has 0 aromatic rings. The number of carbonyl (C=O) groups is 2. The molecule has 1 fully saturated rings. The smallest absolute Gasteiger partial charge is 0.240 e. The summed E-state index contributed by atoms with van der Waals surface area (Å²) in [6.45, 7) is 5.91. The van der Waals surface area contributed by atoms with Crippen LogP contribution < -0.4 is 10.6 Å². The summed E-state index contributed by atoms with van der Waals surface area (Å²) >= 11 is 0. The number of nitrogens with one attached hydrogen (secondary N) is 2. The van der Waals surface area contributed by atoms with Gasteiger partial charge in [0.15, 0.2) is 0 Å². The van der Waals surface area contributed by atoms with Crippen LogP contribution in [0, 0.1) is 17.2 Å². The van der Waals surface area contributed by atoms with E-state index in [4.69, 9.17) is 0 Å². The molecule has 2 N–H and O–H groups in total. The van der Waals surface area contributed by atoms with Gasteiger partial charge in [0.2, 0.25) is 11.8 Å². The topological polar surface area (TPSA) is 102 Å². The molecule has 1 aliphatic heterocycles. The minimum atomic E-state index is -0.713. The maximum atomic E-state index is 12.3. The molecule has 1 aliphatic rings. The number of piperidine rings is 1. The number of hydrogen-bond acceptors (Lipinski definition) is 4. The first kappa shape index (κ1) is 19.9. The number of hydrogen-bond donors (Lipinski definition) is 2. The van der Waals surface area contributed by atoms with Gasteiger partial charge < -0.3 is 20.3 Å². The molecule has 0 aromatic heterocycles. The van der Waals surface area contributed by atoms with Crippen molar-refractivity contribution >= 4 is 18.2 Å². The van der Waals surface area contributed by atoms with Crippen molar-refractivity contribution in [2.24, 2.45) is 5.92 Å². The summed E-state index contributed by atoms with van der Waals surface area (Å²) in [5.41, 5.74) is -0.590. The van der Waals surface area contributed by atoms with E-state index in [0.29, 0.717) is 13.0 Å². The van der Waals surface area contributed by atoms with Gasteiger partial charge in [-0.25, -0.2) is 0 Å². The quantitative estimate of drug-likeness (QED) is 0.353. The predicted octanol–water partition coefficient (Wildman–Crippen LogP) is 0.0788. The Labute approximate surface area is 131 Å². The first-order valence-electron chi connectivity index (χ1n) is 7.40. The number of nitrogens with zero attached hydrogens (tertiary/aromatic N) is 2.